The van der Waals surface area contributed by atoms with E-state index >= 15 is 0 Å². The van der Waals surface area contributed by atoms with Crippen LogP contribution in [0.15, 0.2) is 0 Å². The smallest absolute Gasteiger partial charge is 0.310 e. The highest BCUT2D eigenvalue weighted by Gasteiger charge is 2.22. The lowest BCUT2D eigenvalue weighted by Gasteiger charge is -2.19. The molecule has 0 aliphatic heterocycles. The Morgan fingerprint density at radius 3 is 2.50 bits per heavy atom. The predicted octanol–water partition coefficient (Wildman–Crippen LogP) is 1.64. The minimum absolute atomic E-state index is 0.103. The van der Waals surface area contributed by atoms with Crippen molar-refractivity contribution < 1.29 is 14.3 Å². The molecular formula is C12H18N2O3S. The molecule has 0 saturated carbocycles. The second-order valence-corrected chi connectivity index (χ2v) is 5.46. The van der Waals surface area contributed by atoms with Gasteiger partial charge in [-0.3, -0.25) is 9.59 Å². The fraction of sp³-hybridized carbons (Fsp3) is 0.583. The van der Waals surface area contributed by atoms with Crippen molar-refractivity contribution in [3.05, 3.63) is 15.6 Å². The number of aromatic nitrogens is 1. The number of thiazole rings is 1. The maximum atomic E-state index is 12.2. The van der Waals surface area contributed by atoms with Crippen LogP contribution >= 0.6 is 11.3 Å². The van der Waals surface area contributed by atoms with Crippen LogP contribution in [0.5, 0.6) is 0 Å². The third kappa shape index (κ3) is 3.29. The summed E-state index contributed by atoms with van der Waals surface area (Å²) in [6.45, 7) is 5.75. The minimum Gasteiger partial charge on any atom is -0.469 e. The second kappa shape index (κ2) is 5.95. The lowest BCUT2D eigenvalue weighted by Crippen LogP contribution is -2.34. The van der Waals surface area contributed by atoms with Gasteiger partial charge in [-0.2, -0.15) is 0 Å². The lowest BCUT2D eigenvalue weighted by atomic mass is 10.1. The number of ether oxygens (including phenoxy) is 1. The Hall–Kier alpha value is -1.43. The molecule has 1 aromatic rings. The summed E-state index contributed by atoms with van der Waals surface area (Å²) in [4.78, 5) is 29.9. The van der Waals surface area contributed by atoms with E-state index in [2.05, 4.69) is 9.72 Å². The molecule has 1 atom stereocenters. The summed E-state index contributed by atoms with van der Waals surface area (Å²) in [6.07, 6.45) is 0. The van der Waals surface area contributed by atoms with Gasteiger partial charge in [0.1, 0.15) is 4.88 Å². The second-order valence-electron chi connectivity index (χ2n) is 4.26. The van der Waals surface area contributed by atoms with E-state index in [0.717, 1.165) is 10.7 Å². The normalized spacial score (nSPS) is 12.1. The molecule has 0 bridgehead atoms. The maximum Gasteiger partial charge on any atom is 0.310 e. The van der Waals surface area contributed by atoms with Gasteiger partial charge in [0, 0.05) is 13.6 Å². The Balaban J connectivity index is 2.73. The first-order valence-corrected chi connectivity index (χ1v) is 6.45. The van der Waals surface area contributed by atoms with Crippen LogP contribution < -0.4 is 0 Å². The van der Waals surface area contributed by atoms with Crippen LogP contribution in [0.4, 0.5) is 0 Å². The average molecular weight is 270 g/mol. The van der Waals surface area contributed by atoms with Crippen molar-refractivity contribution in [2.75, 3.05) is 20.7 Å². The van der Waals surface area contributed by atoms with Crippen molar-refractivity contribution in [1.29, 1.82) is 0 Å². The Morgan fingerprint density at radius 1 is 1.44 bits per heavy atom. The topological polar surface area (TPSA) is 59.5 Å². The molecule has 0 aliphatic carbocycles. The number of methoxy groups -OCH3 is 1. The van der Waals surface area contributed by atoms with Crippen molar-refractivity contribution in [3.63, 3.8) is 0 Å². The zero-order valence-electron chi connectivity index (χ0n) is 11.3. The highest BCUT2D eigenvalue weighted by Crippen LogP contribution is 2.19. The third-order valence-electron chi connectivity index (χ3n) is 2.60. The fourth-order valence-electron chi connectivity index (χ4n) is 1.67. The number of carbonyl (C=O) groups is 2. The summed E-state index contributed by atoms with van der Waals surface area (Å²) in [5.41, 5.74) is 0.736. The van der Waals surface area contributed by atoms with Crippen LogP contribution in [0.3, 0.4) is 0 Å². The van der Waals surface area contributed by atoms with Crippen molar-refractivity contribution in [2.45, 2.75) is 20.8 Å². The van der Waals surface area contributed by atoms with E-state index in [-0.39, 0.29) is 17.8 Å². The van der Waals surface area contributed by atoms with E-state index in [0.29, 0.717) is 11.4 Å². The predicted molar refractivity (Wildman–Crippen MR) is 69.7 cm³/mol. The molecular weight excluding hydrogens is 252 g/mol. The molecule has 1 rings (SSSR count). The molecule has 0 N–H and O–H groups in total. The number of rotatable bonds is 4. The molecule has 0 fully saturated rings. The van der Waals surface area contributed by atoms with Crippen LogP contribution in [0.25, 0.3) is 0 Å². The molecule has 0 saturated heterocycles. The molecule has 1 aromatic heterocycles. The van der Waals surface area contributed by atoms with Crippen LogP contribution in [0.2, 0.25) is 0 Å². The number of hydrogen-bond donors (Lipinski definition) is 0. The molecule has 1 amide bonds. The molecule has 0 aromatic carbocycles. The van der Waals surface area contributed by atoms with Crippen molar-refractivity contribution in [1.82, 2.24) is 9.88 Å². The van der Waals surface area contributed by atoms with Gasteiger partial charge in [0.15, 0.2) is 0 Å². The number of hydrogen-bond acceptors (Lipinski definition) is 5. The average Bonchev–Trinajstić information content (AvgIpc) is 2.66. The van der Waals surface area contributed by atoms with Crippen molar-refractivity contribution in [2.24, 2.45) is 5.92 Å². The molecule has 18 heavy (non-hydrogen) atoms. The van der Waals surface area contributed by atoms with Gasteiger partial charge in [-0.05, 0) is 13.8 Å². The number of nitrogens with zero attached hydrogens (tertiary/aromatic N) is 2. The zero-order valence-corrected chi connectivity index (χ0v) is 12.1. The van der Waals surface area contributed by atoms with Crippen LogP contribution in [-0.4, -0.2) is 42.5 Å². The van der Waals surface area contributed by atoms with Gasteiger partial charge in [0.05, 0.1) is 23.7 Å². The van der Waals surface area contributed by atoms with Crippen molar-refractivity contribution >= 4 is 23.2 Å². The Bertz CT molecular complexity index is 456. The highest BCUT2D eigenvalue weighted by molar-refractivity contribution is 7.13. The molecule has 0 aliphatic rings. The number of amides is 1. The molecule has 6 heteroatoms. The fourth-order valence-corrected chi connectivity index (χ4v) is 2.59. The number of carbonyl (C=O) groups excluding carboxylic acids is 2. The van der Waals surface area contributed by atoms with E-state index in [1.54, 1.807) is 14.0 Å². The van der Waals surface area contributed by atoms with E-state index < -0.39 is 0 Å². The van der Waals surface area contributed by atoms with Gasteiger partial charge >= 0.3 is 5.97 Å². The van der Waals surface area contributed by atoms with Gasteiger partial charge < -0.3 is 9.64 Å². The van der Waals surface area contributed by atoms with E-state index in [9.17, 15) is 9.59 Å². The highest BCUT2D eigenvalue weighted by atomic mass is 32.1. The van der Waals surface area contributed by atoms with Crippen LogP contribution in [-0.2, 0) is 9.53 Å². The summed E-state index contributed by atoms with van der Waals surface area (Å²) >= 11 is 1.37. The summed E-state index contributed by atoms with van der Waals surface area (Å²) in [7, 11) is 3.02. The monoisotopic (exact) mass is 270 g/mol. The summed E-state index contributed by atoms with van der Waals surface area (Å²) < 4.78 is 4.64. The first-order valence-electron chi connectivity index (χ1n) is 5.64. The largest absolute Gasteiger partial charge is 0.469 e. The first kappa shape index (κ1) is 14.6. The Labute approximate surface area is 111 Å². The van der Waals surface area contributed by atoms with E-state index in [1.807, 2.05) is 13.8 Å². The van der Waals surface area contributed by atoms with Gasteiger partial charge in [-0.15, -0.1) is 11.3 Å². The lowest BCUT2D eigenvalue weighted by molar-refractivity contribution is -0.145. The molecule has 1 unspecified atom stereocenters. The van der Waals surface area contributed by atoms with Gasteiger partial charge in [0.2, 0.25) is 0 Å². The minimum atomic E-state index is -0.335. The Morgan fingerprint density at radius 2 is 2.06 bits per heavy atom. The molecule has 100 valence electrons. The third-order valence-corrected chi connectivity index (χ3v) is 3.66. The van der Waals surface area contributed by atoms with E-state index in [1.165, 1.54) is 23.3 Å². The number of aryl methyl sites for hydroxylation is 2. The first-order chi connectivity index (χ1) is 8.36. The quantitative estimate of drug-likeness (QED) is 0.780. The summed E-state index contributed by atoms with van der Waals surface area (Å²) in [6, 6.07) is 0. The van der Waals surface area contributed by atoms with Gasteiger partial charge in [-0.1, -0.05) is 6.92 Å². The molecule has 0 radical (unpaired) electrons. The standard InChI is InChI=1S/C12H18N2O3S/c1-7(12(16)17-5)6-14(4)11(15)10-8(2)13-9(3)18-10/h7H,6H2,1-5H3. The van der Waals surface area contributed by atoms with E-state index in [4.69, 9.17) is 0 Å². The maximum absolute atomic E-state index is 12.2. The van der Waals surface area contributed by atoms with Crippen LogP contribution in [0, 0.1) is 19.8 Å². The Kier molecular flexibility index (Phi) is 4.84. The zero-order chi connectivity index (χ0) is 13.9. The molecule has 0 spiro atoms. The summed E-state index contributed by atoms with van der Waals surface area (Å²) in [5, 5.41) is 0.866. The summed E-state index contributed by atoms with van der Waals surface area (Å²) in [5.74, 6) is -0.751. The van der Waals surface area contributed by atoms with Crippen molar-refractivity contribution in [3.8, 4) is 0 Å². The SMILES string of the molecule is COC(=O)C(C)CN(C)C(=O)c1sc(C)nc1C. The number of esters is 1. The molecule has 1 heterocycles. The molecule has 5 nitrogen and oxygen atoms in total. The van der Waals surface area contributed by atoms with Crippen LogP contribution in [0.1, 0.15) is 27.3 Å². The van der Waals surface area contributed by atoms with Gasteiger partial charge in [-0.25, -0.2) is 4.98 Å². The van der Waals surface area contributed by atoms with Gasteiger partial charge in [0.25, 0.3) is 5.91 Å².